The van der Waals surface area contributed by atoms with Gasteiger partial charge in [0, 0.05) is 56.0 Å². The van der Waals surface area contributed by atoms with Crippen LogP contribution in [0.3, 0.4) is 0 Å². The third kappa shape index (κ3) is 4.59. The summed E-state index contributed by atoms with van der Waals surface area (Å²) in [4.78, 5) is 9.81. The number of aromatic amines is 1. The summed E-state index contributed by atoms with van der Waals surface area (Å²) in [5, 5.41) is 7.61. The largest absolute Gasteiger partial charge is 0.364 e. The van der Waals surface area contributed by atoms with Gasteiger partial charge in [-0.1, -0.05) is 24.3 Å². The van der Waals surface area contributed by atoms with Gasteiger partial charge in [0.15, 0.2) is 5.96 Å². The van der Waals surface area contributed by atoms with E-state index in [-0.39, 0.29) is 5.82 Å². The van der Waals surface area contributed by atoms with Crippen LogP contribution in [0.5, 0.6) is 0 Å². The Morgan fingerprint density at radius 3 is 2.66 bits per heavy atom. The van der Waals surface area contributed by atoms with Crippen LogP contribution in [0.1, 0.15) is 11.1 Å². The van der Waals surface area contributed by atoms with Crippen molar-refractivity contribution in [2.75, 3.05) is 31.6 Å². The summed E-state index contributed by atoms with van der Waals surface area (Å²) in [7, 11) is 1.76. The van der Waals surface area contributed by atoms with E-state index in [0.29, 0.717) is 13.1 Å². The van der Waals surface area contributed by atoms with Crippen molar-refractivity contribution in [3.05, 3.63) is 77.8 Å². The van der Waals surface area contributed by atoms with Crippen LogP contribution >= 0.6 is 0 Å². The van der Waals surface area contributed by atoms with E-state index in [1.54, 1.807) is 19.2 Å². The zero-order valence-electron chi connectivity index (χ0n) is 16.6. The summed E-state index contributed by atoms with van der Waals surface area (Å²) in [5.41, 5.74) is 4.50. The molecular weight excluding hydrogens is 365 g/mol. The minimum atomic E-state index is -0.212. The fourth-order valence-corrected chi connectivity index (χ4v) is 3.59. The van der Waals surface area contributed by atoms with Gasteiger partial charge >= 0.3 is 0 Å². The van der Waals surface area contributed by atoms with Crippen molar-refractivity contribution < 1.29 is 4.39 Å². The van der Waals surface area contributed by atoms with Crippen LogP contribution in [0.15, 0.2) is 65.8 Å². The van der Waals surface area contributed by atoms with Crippen LogP contribution in [0, 0.1) is 5.82 Å². The number of benzene rings is 2. The number of nitrogens with zero attached hydrogens (tertiary/aromatic N) is 2. The number of fused-ring (bicyclic) bond motifs is 1. The van der Waals surface area contributed by atoms with Gasteiger partial charge in [-0.05, 0) is 47.9 Å². The van der Waals surface area contributed by atoms with Crippen molar-refractivity contribution in [3.8, 4) is 0 Å². The maximum Gasteiger partial charge on any atom is 0.191 e. The van der Waals surface area contributed by atoms with E-state index in [9.17, 15) is 4.39 Å². The van der Waals surface area contributed by atoms with Crippen molar-refractivity contribution in [1.29, 1.82) is 0 Å². The van der Waals surface area contributed by atoms with Gasteiger partial charge in [-0.25, -0.2) is 4.39 Å². The highest BCUT2D eigenvalue weighted by Gasteiger charge is 2.08. The molecular formula is C23H26FN5. The zero-order valence-corrected chi connectivity index (χ0v) is 16.6. The van der Waals surface area contributed by atoms with E-state index in [1.165, 1.54) is 17.3 Å². The molecule has 0 radical (unpaired) electrons. The van der Waals surface area contributed by atoms with Gasteiger partial charge in [0.05, 0.1) is 0 Å². The lowest BCUT2D eigenvalue weighted by Gasteiger charge is -2.18. The summed E-state index contributed by atoms with van der Waals surface area (Å²) >= 11 is 0. The van der Waals surface area contributed by atoms with Gasteiger partial charge in [0.25, 0.3) is 0 Å². The molecule has 0 atom stereocenters. The Morgan fingerprint density at radius 1 is 1.10 bits per heavy atom. The van der Waals surface area contributed by atoms with E-state index in [4.69, 9.17) is 0 Å². The Kier molecular flexibility index (Phi) is 5.79. The van der Waals surface area contributed by atoms with Crippen molar-refractivity contribution in [3.63, 3.8) is 0 Å². The summed E-state index contributed by atoms with van der Waals surface area (Å²) in [5.74, 6) is 0.541. The molecule has 0 bridgehead atoms. The fraction of sp³-hybridized carbons (Fsp3) is 0.261. The van der Waals surface area contributed by atoms with Gasteiger partial charge in [-0.15, -0.1) is 0 Å². The number of nitrogens with one attached hydrogen (secondary N) is 3. The molecule has 0 fully saturated rings. The van der Waals surface area contributed by atoms with Gasteiger partial charge in [-0.3, -0.25) is 4.99 Å². The van der Waals surface area contributed by atoms with Crippen LogP contribution in [0.2, 0.25) is 0 Å². The highest BCUT2D eigenvalue weighted by molar-refractivity contribution is 5.83. The lowest BCUT2D eigenvalue weighted by molar-refractivity contribution is 0.629. The molecule has 4 rings (SSSR count). The average molecular weight is 391 g/mol. The topological polar surface area (TPSA) is 55.5 Å². The molecule has 0 amide bonds. The lowest BCUT2D eigenvalue weighted by Crippen LogP contribution is -2.37. The van der Waals surface area contributed by atoms with E-state index in [1.807, 2.05) is 6.20 Å². The van der Waals surface area contributed by atoms with Gasteiger partial charge < -0.3 is 20.5 Å². The molecule has 29 heavy (non-hydrogen) atoms. The number of rotatable bonds is 6. The van der Waals surface area contributed by atoms with Crippen molar-refractivity contribution in [1.82, 2.24) is 15.6 Å². The number of aliphatic imine (C=N–C) groups is 1. The normalized spacial score (nSPS) is 14.0. The van der Waals surface area contributed by atoms with Crippen LogP contribution in [0.4, 0.5) is 10.1 Å². The molecule has 3 N–H and O–H groups in total. The fourth-order valence-electron chi connectivity index (χ4n) is 3.59. The third-order valence-electron chi connectivity index (χ3n) is 5.22. The van der Waals surface area contributed by atoms with Crippen molar-refractivity contribution >= 4 is 22.5 Å². The molecule has 0 saturated heterocycles. The van der Waals surface area contributed by atoms with Crippen molar-refractivity contribution in [2.24, 2.45) is 4.99 Å². The molecule has 2 aromatic carbocycles. The Morgan fingerprint density at radius 2 is 1.90 bits per heavy atom. The SMILES string of the molecule is CN=C(NCCc1c[nH]c2ccc(F)cc12)NCc1ccc(N2CC=CC2)cc1. The summed E-state index contributed by atoms with van der Waals surface area (Å²) in [6.07, 6.45) is 7.11. The Balaban J connectivity index is 1.26. The molecule has 1 aliphatic rings. The average Bonchev–Trinajstić information content (AvgIpc) is 3.41. The molecule has 6 heteroatoms. The molecule has 0 unspecified atom stereocenters. The summed E-state index contributed by atoms with van der Waals surface area (Å²) in [6.45, 7) is 3.38. The minimum absolute atomic E-state index is 0.212. The maximum absolute atomic E-state index is 13.5. The number of anilines is 1. The molecule has 0 saturated carbocycles. The summed E-state index contributed by atoms with van der Waals surface area (Å²) in [6, 6.07) is 13.4. The lowest BCUT2D eigenvalue weighted by atomic mass is 10.1. The predicted octanol–water partition coefficient (Wildman–Crippen LogP) is 3.59. The first-order valence-electron chi connectivity index (χ1n) is 9.92. The Labute approximate surface area is 170 Å². The molecule has 1 aromatic heterocycles. The van der Waals surface area contributed by atoms with E-state index < -0.39 is 0 Å². The number of hydrogen-bond donors (Lipinski definition) is 3. The molecule has 3 aromatic rings. The van der Waals surface area contributed by atoms with Gasteiger partial charge in [0.2, 0.25) is 0 Å². The van der Waals surface area contributed by atoms with Crippen molar-refractivity contribution in [2.45, 2.75) is 13.0 Å². The Hall–Kier alpha value is -3.28. The monoisotopic (exact) mass is 391 g/mol. The maximum atomic E-state index is 13.5. The Bertz CT molecular complexity index is 1010. The molecule has 1 aliphatic heterocycles. The standard InChI is InChI=1S/C23H26FN5/c1-25-23(26-11-10-18-16-27-22-9-6-19(24)14-21(18)22)28-15-17-4-7-20(8-5-17)29-12-2-3-13-29/h2-9,14,16,27H,10-13,15H2,1H3,(H2,25,26,28). The number of aromatic nitrogens is 1. The van der Waals surface area contributed by atoms with Crippen LogP contribution in [-0.4, -0.2) is 37.6 Å². The van der Waals surface area contributed by atoms with E-state index >= 15 is 0 Å². The second kappa shape index (κ2) is 8.82. The molecule has 150 valence electrons. The zero-order chi connectivity index (χ0) is 20.1. The number of H-pyrrole nitrogens is 1. The van der Waals surface area contributed by atoms with E-state index in [0.717, 1.165) is 41.9 Å². The van der Waals surface area contributed by atoms with E-state index in [2.05, 4.69) is 61.9 Å². The smallest absolute Gasteiger partial charge is 0.191 e. The quantitative estimate of drug-likeness (QED) is 0.342. The number of halogens is 1. The molecule has 0 aliphatic carbocycles. The highest BCUT2D eigenvalue weighted by atomic mass is 19.1. The molecule has 2 heterocycles. The number of guanidine groups is 1. The molecule has 5 nitrogen and oxygen atoms in total. The second-order valence-electron chi connectivity index (χ2n) is 7.15. The second-order valence-corrected chi connectivity index (χ2v) is 7.15. The van der Waals surface area contributed by atoms with Gasteiger partial charge in [-0.2, -0.15) is 0 Å². The van der Waals surface area contributed by atoms with Crippen LogP contribution < -0.4 is 15.5 Å². The molecule has 0 spiro atoms. The predicted molar refractivity (Wildman–Crippen MR) is 118 cm³/mol. The minimum Gasteiger partial charge on any atom is -0.364 e. The number of hydrogen-bond acceptors (Lipinski definition) is 2. The van der Waals surface area contributed by atoms with Crippen LogP contribution in [0.25, 0.3) is 10.9 Å². The summed E-state index contributed by atoms with van der Waals surface area (Å²) < 4.78 is 13.5. The van der Waals surface area contributed by atoms with Gasteiger partial charge in [0.1, 0.15) is 5.82 Å². The van der Waals surface area contributed by atoms with Crippen LogP contribution in [-0.2, 0) is 13.0 Å². The first-order valence-corrected chi connectivity index (χ1v) is 9.92. The highest BCUT2D eigenvalue weighted by Crippen LogP contribution is 2.20. The first kappa shape index (κ1) is 19.1. The third-order valence-corrected chi connectivity index (χ3v) is 5.22. The first-order chi connectivity index (χ1) is 14.2.